The standard InChI is InChI=1S/C28H14N4O/c1-30-27-14-19(9-11-32-27)24-15-26-28(22-5-3-2-4-21(22)24)23-7-6-17(13-25(23)33-26)18-8-10-31-20(12-18)16-29/h2-15H. The molecule has 0 aliphatic carbocycles. The summed E-state index contributed by atoms with van der Waals surface area (Å²) in [6, 6.07) is 25.9. The molecule has 3 aromatic carbocycles. The molecule has 0 saturated carbocycles. The first-order chi connectivity index (χ1) is 16.2. The van der Waals surface area contributed by atoms with Crippen molar-refractivity contribution >= 4 is 38.5 Å². The van der Waals surface area contributed by atoms with E-state index in [0.29, 0.717) is 11.5 Å². The number of benzene rings is 3. The lowest BCUT2D eigenvalue weighted by molar-refractivity contribution is 0.669. The molecule has 3 aromatic heterocycles. The van der Waals surface area contributed by atoms with Crippen molar-refractivity contribution < 1.29 is 4.42 Å². The molecule has 152 valence electrons. The van der Waals surface area contributed by atoms with Crippen LogP contribution in [0.5, 0.6) is 0 Å². The lowest BCUT2D eigenvalue weighted by atomic mass is 9.95. The molecular formula is C28H14N4O. The minimum Gasteiger partial charge on any atom is -0.456 e. The Kier molecular flexibility index (Phi) is 4.15. The normalized spacial score (nSPS) is 11.0. The van der Waals surface area contributed by atoms with E-state index in [9.17, 15) is 5.26 Å². The third kappa shape index (κ3) is 3.00. The maximum atomic E-state index is 9.18. The minimum absolute atomic E-state index is 0.361. The number of pyridine rings is 2. The molecule has 6 aromatic rings. The summed E-state index contributed by atoms with van der Waals surface area (Å²) < 4.78 is 6.34. The van der Waals surface area contributed by atoms with Crippen LogP contribution in [-0.2, 0) is 0 Å². The highest BCUT2D eigenvalue weighted by Gasteiger charge is 2.16. The summed E-state index contributed by atoms with van der Waals surface area (Å²) >= 11 is 0. The third-order valence-electron chi connectivity index (χ3n) is 5.86. The van der Waals surface area contributed by atoms with Crippen LogP contribution in [0.25, 0.3) is 59.8 Å². The molecule has 6 rings (SSSR count). The van der Waals surface area contributed by atoms with Crippen LogP contribution in [0.1, 0.15) is 5.69 Å². The SMILES string of the molecule is [C-]#[N+]c1cc(-c2cc3oc4cc(-c5ccnc(C#N)c5)ccc4c3c3ccccc23)ccn1. The molecule has 33 heavy (non-hydrogen) atoms. The molecule has 0 N–H and O–H groups in total. The van der Waals surface area contributed by atoms with E-state index in [1.54, 1.807) is 24.5 Å². The second-order valence-electron chi connectivity index (χ2n) is 7.71. The van der Waals surface area contributed by atoms with Crippen molar-refractivity contribution in [2.24, 2.45) is 0 Å². The van der Waals surface area contributed by atoms with E-state index in [-0.39, 0.29) is 0 Å². The van der Waals surface area contributed by atoms with Crippen molar-refractivity contribution in [1.82, 2.24) is 9.97 Å². The van der Waals surface area contributed by atoms with E-state index in [2.05, 4.69) is 39.1 Å². The number of fused-ring (bicyclic) bond motifs is 5. The number of aromatic nitrogens is 2. The average Bonchev–Trinajstić information content (AvgIpc) is 3.26. The van der Waals surface area contributed by atoms with E-state index in [1.165, 1.54) is 0 Å². The fourth-order valence-corrected chi connectivity index (χ4v) is 4.38. The first-order valence-corrected chi connectivity index (χ1v) is 10.3. The number of hydrogen-bond donors (Lipinski definition) is 0. The zero-order valence-electron chi connectivity index (χ0n) is 17.3. The van der Waals surface area contributed by atoms with Gasteiger partial charge in [0.1, 0.15) is 29.1 Å². The molecule has 0 unspecified atom stereocenters. The molecule has 0 fully saturated rings. The third-order valence-corrected chi connectivity index (χ3v) is 5.86. The van der Waals surface area contributed by atoms with Gasteiger partial charge < -0.3 is 9.26 Å². The molecule has 0 bridgehead atoms. The highest BCUT2D eigenvalue weighted by atomic mass is 16.3. The number of rotatable bonds is 2. The van der Waals surface area contributed by atoms with Crippen LogP contribution in [0.2, 0.25) is 0 Å². The van der Waals surface area contributed by atoms with Crippen molar-refractivity contribution in [1.29, 1.82) is 5.26 Å². The van der Waals surface area contributed by atoms with Gasteiger partial charge in [0.05, 0.1) is 0 Å². The van der Waals surface area contributed by atoms with Gasteiger partial charge in [-0.1, -0.05) is 36.9 Å². The number of furan rings is 1. The summed E-state index contributed by atoms with van der Waals surface area (Å²) in [5, 5.41) is 13.4. The molecule has 5 nitrogen and oxygen atoms in total. The largest absolute Gasteiger partial charge is 0.456 e. The summed E-state index contributed by atoms with van der Waals surface area (Å²) in [6.45, 7) is 7.31. The van der Waals surface area contributed by atoms with Crippen LogP contribution in [0.3, 0.4) is 0 Å². The van der Waals surface area contributed by atoms with Crippen molar-refractivity contribution in [2.75, 3.05) is 0 Å². The van der Waals surface area contributed by atoms with E-state index < -0.39 is 0 Å². The number of hydrogen-bond acceptors (Lipinski definition) is 4. The van der Waals surface area contributed by atoms with Crippen LogP contribution >= 0.6 is 0 Å². The average molecular weight is 422 g/mol. The van der Waals surface area contributed by atoms with Gasteiger partial charge in [0.25, 0.3) is 5.82 Å². The number of nitrogens with zero attached hydrogens (tertiary/aromatic N) is 4. The highest BCUT2D eigenvalue weighted by Crippen LogP contribution is 2.41. The van der Waals surface area contributed by atoms with E-state index in [0.717, 1.165) is 55.0 Å². The Morgan fingerprint density at radius 2 is 1.55 bits per heavy atom. The Hall–Kier alpha value is -5.00. The van der Waals surface area contributed by atoms with Crippen LogP contribution in [0, 0.1) is 17.9 Å². The van der Waals surface area contributed by atoms with Gasteiger partial charge >= 0.3 is 0 Å². The summed E-state index contributed by atoms with van der Waals surface area (Å²) in [7, 11) is 0. The Balaban J connectivity index is 1.63. The van der Waals surface area contributed by atoms with Gasteiger partial charge in [-0.15, -0.1) is 4.98 Å². The van der Waals surface area contributed by atoms with Crippen LogP contribution in [0.4, 0.5) is 5.82 Å². The van der Waals surface area contributed by atoms with Crippen LogP contribution in [0.15, 0.2) is 89.6 Å². The quantitative estimate of drug-likeness (QED) is 0.275. The molecule has 0 saturated heterocycles. The molecule has 0 radical (unpaired) electrons. The van der Waals surface area contributed by atoms with Gasteiger partial charge in [-0.3, -0.25) is 0 Å². The van der Waals surface area contributed by atoms with Gasteiger partial charge in [0, 0.05) is 17.0 Å². The summed E-state index contributed by atoms with van der Waals surface area (Å²) in [5.74, 6) is 0.361. The molecule has 0 aliphatic rings. The molecule has 3 heterocycles. The maximum Gasteiger partial charge on any atom is 0.270 e. The lowest BCUT2D eigenvalue weighted by Crippen LogP contribution is -1.84. The Morgan fingerprint density at radius 3 is 2.39 bits per heavy atom. The van der Waals surface area contributed by atoms with Crippen molar-refractivity contribution in [3.8, 4) is 28.3 Å². The first-order valence-electron chi connectivity index (χ1n) is 10.3. The molecule has 0 spiro atoms. The molecule has 0 amide bonds. The fraction of sp³-hybridized carbons (Fsp3) is 0. The smallest absolute Gasteiger partial charge is 0.270 e. The molecule has 0 atom stereocenters. The second-order valence-corrected chi connectivity index (χ2v) is 7.71. The van der Waals surface area contributed by atoms with E-state index in [4.69, 9.17) is 11.0 Å². The summed E-state index contributed by atoms with van der Waals surface area (Å²) in [6.07, 6.45) is 3.30. The van der Waals surface area contributed by atoms with Gasteiger partial charge in [0.2, 0.25) is 0 Å². The van der Waals surface area contributed by atoms with Crippen molar-refractivity contribution in [2.45, 2.75) is 0 Å². The van der Waals surface area contributed by atoms with Gasteiger partial charge in [-0.25, -0.2) is 4.98 Å². The first kappa shape index (κ1) is 18.7. The Bertz CT molecular complexity index is 1800. The zero-order chi connectivity index (χ0) is 22.4. The minimum atomic E-state index is 0.361. The zero-order valence-corrected chi connectivity index (χ0v) is 17.3. The molecular weight excluding hydrogens is 408 g/mol. The number of nitriles is 1. The maximum absolute atomic E-state index is 9.18. The van der Waals surface area contributed by atoms with Gasteiger partial charge in [-0.2, -0.15) is 5.26 Å². The van der Waals surface area contributed by atoms with Crippen LogP contribution in [-0.4, -0.2) is 9.97 Å². The monoisotopic (exact) mass is 422 g/mol. The summed E-state index contributed by atoms with van der Waals surface area (Å²) in [4.78, 5) is 11.6. The Labute approximate surface area is 189 Å². The van der Waals surface area contributed by atoms with Gasteiger partial charge in [0.15, 0.2) is 0 Å². The fourth-order valence-electron chi connectivity index (χ4n) is 4.38. The van der Waals surface area contributed by atoms with E-state index in [1.807, 2.05) is 42.5 Å². The predicted molar refractivity (Wildman–Crippen MR) is 129 cm³/mol. The van der Waals surface area contributed by atoms with Crippen molar-refractivity contribution in [3.05, 3.63) is 102 Å². The summed E-state index contributed by atoms with van der Waals surface area (Å²) in [5.41, 5.74) is 5.73. The molecule has 5 heteroatoms. The molecule has 0 aliphatic heterocycles. The van der Waals surface area contributed by atoms with E-state index >= 15 is 0 Å². The predicted octanol–water partition coefficient (Wildman–Crippen LogP) is 7.29. The van der Waals surface area contributed by atoms with Gasteiger partial charge in [-0.05, 0) is 75.5 Å². The van der Waals surface area contributed by atoms with Crippen molar-refractivity contribution in [3.63, 3.8) is 0 Å². The second kappa shape index (κ2) is 7.30. The Morgan fingerprint density at radius 1 is 0.758 bits per heavy atom. The topological polar surface area (TPSA) is 67.1 Å². The highest BCUT2D eigenvalue weighted by molar-refractivity contribution is 6.22. The lowest BCUT2D eigenvalue weighted by Gasteiger charge is -2.08. The van der Waals surface area contributed by atoms with Crippen LogP contribution < -0.4 is 0 Å².